The van der Waals surface area contributed by atoms with Crippen LogP contribution in [0.1, 0.15) is 31.4 Å². The van der Waals surface area contributed by atoms with Crippen LogP contribution in [-0.4, -0.2) is 71.3 Å². The molecule has 0 aliphatic carbocycles. The minimum Gasteiger partial charge on any atom is -0.465 e. The predicted molar refractivity (Wildman–Crippen MR) is 121 cm³/mol. The zero-order valence-electron chi connectivity index (χ0n) is 18.6. The Morgan fingerprint density at radius 3 is 2.21 bits per heavy atom. The van der Waals surface area contributed by atoms with Gasteiger partial charge in [0.1, 0.15) is 12.2 Å². The normalized spacial score (nSPS) is 13.4. The van der Waals surface area contributed by atoms with Crippen LogP contribution in [0.5, 0.6) is 0 Å². The van der Waals surface area contributed by atoms with Gasteiger partial charge in [0.2, 0.25) is 5.91 Å². The summed E-state index contributed by atoms with van der Waals surface area (Å²) in [5, 5.41) is 2.75. The van der Waals surface area contributed by atoms with E-state index in [4.69, 9.17) is 4.42 Å². The van der Waals surface area contributed by atoms with Gasteiger partial charge in [-0.15, -0.1) is 0 Å². The average molecular weight is 464 g/mol. The number of hydrogen-bond donors (Lipinski definition) is 1. The van der Waals surface area contributed by atoms with Gasteiger partial charge < -0.3 is 28.8 Å². The van der Waals surface area contributed by atoms with Crippen LogP contribution in [0.3, 0.4) is 0 Å². The lowest BCUT2D eigenvalue weighted by Gasteiger charge is -2.34. The van der Waals surface area contributed by atoms with E-state index in [0.717, 1.165) is 0 Å². The second-order valence-corrected chi connectivity index (χ2v) is 7.70. The number of amides is 3. The topological polar surface area (TPSA) is 114 Å². The highest BCUT2D eigenvalue weighted by Gasteiger charge is 2.28. The van der Waals surface area contributed by atoms with Gasteiger partial charge in [-0.1, -0.05) is 0 Å². The van der Waals surface area contributed by atoms with Crippen LogP contribution in [0.15, 0.2) is 65.4 Å². The number of carbonyl (C=O) groups is 4. The number of hydrogen-bond acceptors (Lipinski definition) is 6. The Hall–Kier alpha value is -4.34. The molecule has 1 saturated heterocycles. The Labute approximate surface area is 195 Å². The van der Waals surface area contributed by atoms with E-state index < -0.39 is 5.97 Å². The zero-order chi connectivity index (χ0) is 24.1. The molecule has 1 N–H and O–H groups in total. The molecule has 0 spiro atoms. The summed E-state index contributed by atoms with van der Waals surface area (Å²) in [5.41, 5.74) is 1.29. The maximum atomic E-state index is 13.1. The van der Waals surface area contributed by atoms with E-state index in [1.807, 2.05) is 0 Å². The van der Waals surface area contributed by atoms with Gasteiger partial charge >= 0.3 is 5.97 Å². The fourth-order valence-corrected chi connectivity index (χ4v) is 3.74. The van der Waals surface area contributed by atoms with E-state index >= 15 is 0 Å². The summed E-state index contributed by atoms with van der Waals surface area (Å²) >= 11 is 0. The fourth-order valence-electron chi connectivity index (χ4n) is 3.74. The number of esters is 1. The summed E-state index contributed by atoms with van der Waals surface area (Å²) in [6, 6.07) is 13.0. The molecule has 1 fully saturated rings. The molecule has 0 radical (unpaired) electrons. The van der Waals surface area contributed by atoms with Gasteiger partial charge in [0.05, 0.1) is 18.9 Å². The summed E-state index contributed by atoms with van der Waals surface area (Å²) in [6.45, 7) is 1.51. The Kier molecular flexibility index (Phi) is 6.77. The number of aromatic nitrogens is 1. The number of rotatable bonds is 6. The first kappa shape index (κ1) is 22.8. The van der Waals surface area contributed by atoms with Crippen molar-refractivity contribution in [3.8, 4) is 0 Å². The van der Waals surface area contributed by atoms with Crippen LogP contribution in [0.4, 0.5) is 5.69 Å². The molecule has 176 valence electrons. The molecule has 10 heteroatoms. The molecule has 34 heavy (non-hydrogen) atoms. The quantitative estimate of drug-likeness (QED) is 0.559. The van der Waals surface area contributed by atoms with Crippen molar-refractivity contribution in [2.75, 3.05) is 38.6 Å². The molecule has 3 amide bonds. The molecule has 2 aromatic heterocycles. The third-order valence-electron chi connectivity index (χ3n) is 5.54. The van der Waals surface area contributed by atoms with Gasteiger partial charge in [0, 0.05) is 38.1 Å². The van der Waals surface area contributed by atoms with Crippen molar-refractivity contribution in [2.24, 2.45) is 0 Å². The lowest BCUT2D eigenvalue weighted by atomic mass is 10.2. The summed E-state index contributed by atoms with van der Waals surface area (Å²) in [6.07, 6.45) is 3.12. The standard InChI is InChI=1S/C24H24N4O6/c1-33-24(32)17-6-8-18(9-7-17)25-21(29)16-28-10-2-4-19(28)22(30)26-11-13-27(14-12-26)23(31)20-5-3-15-34-20/h2-10,15H,11-14,16H2,1H3,(H,25,29). The molecule has 1 aliphatic heterocycles. The molecule has 0 bridgehead atoms. The Bertz CT molecular complexity index is 1170. The largest absolute Gasteiger partial charge is 0.465 e. The summed E-state index contributed by atoms with van der Waals surface area (Å²) in [5.74, 6) is -0.897. The van der Waals surface area contributed by atoms with Crippen molar-refractivity contribution < 1.29 is 28.3 Å². The number of nitrogens with zero attached hydrogens (tertiary/aromatic N) is 3. The molecule has 3 aromatic rings. The molecule has 4 rings (SSSR count). The lowest BCUT2D eigenvalue weighted by molar-refractivity contribution is -0.116. The minimum absolute atomic E-state index is 0.0518. The van der Waals surface area contributed by atoms with Crippen LogP contribution < -0.4 is 5.32 Å². The van der Waals surface area contributed by atoms with E-state index in [9.17, 15) is 19.2 Å². The van der Waals surface area contributed by atoms with Crippen molar-refractivity contribution in [3.05, 3.63) is 78.0 Å². The third kappa shape index (κ3) is 5.01. The molecular weight excluding hydrogens is 440 g/mol. The Morgan fingerprint density at radius 2 is 1.59 bits per heavy atom. The number of ether oxygens (including phenoxy) is 1. The smallest absolute Gasteiger partial charge is 0.337 e. The van der Waals surface area contributed by atoms with Crippen LogP contribution in [0.25, 0.3) is 0 Å². The second-order valence-electron chi connectivity index (χ2n) is 7.70. The van der Waals surface area contributed by atoms with E-state index in [0.29, 0.717) is 43.1 Å². The van der Waals surface area contributed by atoms with Crippen LogP contribution in [0.2, 0.25) is 0 Å². The summed E-state index contributed by atoms with van der Waals surface area (Å²) in [7, 11) is 1.30. The lowest BCUT2D eigenvalue weighted by Crippen LogP contribution is -2.50. The molecule has 1 aliphatic rings. The number of nitrogens with one attached hydrogen (secondary N) is 1. The van der Waals surface area contributed by atoms with Crippen LogP contribution in [-0.2, 0) is 16.1 Å². The Balaban J connectivity index is 1.33. The van der Waals surface area contributed by atoms with Gasteiger partial charge in [-0.25, -0.2) is 4.79 Å². The molecular formula is C24H24N4O6. The molecule has 0 atom stereocenters. The van der Waals surface area contributed by atoms with Crippen molar-refractivity contribution in [3.63, 3.8) is 0 Å². The van der Waals surface area contributed by atoms with E-state index in [-0.39, 0.29) is 30.0 Å². The SMILES string of the molecule is COC(=O)c1ccc(NC(=O)Cn2cccc2C(=O)N2CCN(C(=O)c3ccco3)CC2)cc1. The van der Waals surface area contributed by atoms with E-state index in [1.54, 1.807) is 69.1 Å². The summed E-state index contributed by atoms with van der Waals surface area (Å²) in [4.78, 5) is 52.9. The van der Waals surface area contributed by atoms with Crippen LogP contribution >= 0.6 is 0 Å². The van der Waals surface area contributed by atoms with Crippen molar-refractivity contribution in [1.82, 2.24) is 14.4 Å². The van der Waals surface area contributed by atoms with Gasteiger partial charge in [-0.05, 0) is 48.5 Å². The summed E-state index contributed by atoms with van der Waals surface area (Å²) < 4.78 is 11.4. The maximum absolute atomic E-state index is 13.1. The number of furan rings is 1. The van der Waals surface area contributed by atoms with Crippen molar-refractivity contribution in [2.45, 2.75) is 6.54 Å². The molecule has 3 heterocycles. The first-order valence-electron chi connectivity index (χ1n) is 10.7. The highest BCUT2D eigenvalue weighted by molar-refractivity contribution is 5.96. The number of carbonyl (C=O) groups excluding carboxylic acids is 4. The molecule has 0 unspecified atom stereocenters. The van der Waals surface area contributed by atoms with Gasteiger partial charge in [-0.2, -0.15) is 0 Å². The predicted octanol–water partition coefficient (Wildman–Crippen LogP) is 2.10. The van der Waals surface area contributed by atoms with E-state index in [1.165, 1.54) is 13.4 Å². The molecule has 0 saturated carbocycles. The van der Waals surface area contributed by atoms with Crippen LogP contribution in [0, 0.1) is 0 Å². The zero-order valence-corrected chi connectivity index (χ0v) is 18.6. The molecule has 1 aromatic carbocycles. The first-order valence-corrected chi connectivity index (χ1v) is 10.7. The first-order chi connectivity index (χ1) is 16.5. The highest BCUT2D eigenvalue weighted by Crippen LogP contribution is 2.14. The number of benzene rings is 1. The van der Waals surface area contributed by atoms with Gasteiger partial charge in [-0.3, -0.25) is 14.4 Å². The number of piperazine rings is 1. The van der Waals surface area contributed by atoms with Gasteiger partial charge in [0.25, 0.3) is 11.8 Å². The highest BCUT2D eigenvalue weighted by atomic mass is 16.5. The van der Waals surface area contributed by atoms with Crippen molar-refractivity contribution in [1.29, 1.82) is 0 Å². The number of methoxy groups -OCH3 is 1. The Morgan fingerprint density at radius 1 is 0.912 bits per heavy atom. The maximum Gasteiger partial charge on any atom is 0.337 e. The second kappa shape index (κ2) is 10.1. The third-order valence-corrected chi connectivity index (χ3v) is 5.54. The molecule has 10 nitrogen and oxygen atoms in total. The fraction of sp³-hybridized carbons (Fsp3) is 0.250. The van der Waals surface area contributed by atoms with Crippen molar-refractivity contribution >= 4 is 29.4 Å². The monoisotopic (exact) mass is 464 g/mol. The minimum atomic E-state index is -0.459. The van der Waals surface area contributed by atoms with Gasteiger partial charge in [0.15, 0.2) is 5.76 Å². The average Bonchev–Trinajstić information content (AvgIpc) is 3.56. The number of anilines is 1. The van der Waals surface area contributed by atoms with E-state index in [2.05, 4.69) is 10.1 Å².